The van der Waals surface area contributed by atoms with E-state index < -0.39 is 16.9 Å². The molecule has 0 spiro atoms. The highest BCUT2D eigenvalue weighted by Crippen LogP contribution is 2.24. The third kappa shape index (κ3) is 5.04. The summed E-state index contributed by atoms with van der Waals surface area (Å²) in [7, 11) is 0. The number of carbonyl (C=O) groups excluding carboxylic acids is 1. The van der Waals surface area contributed by atoms with Crippen LogP contribution in [0.25, 0.3) is 11.1 Å². The maximum absolute atomic E-state index is 11.5. The lowest BCUT2D eigenvalue weighted by molar-refractivity contribution is -0.384. The van der Waals surface area contributed by atoms with Crippen LogP contribution in [0.2, 0.25) is 0 Å². The molecule has 0 heterocycles. The maximum atomic E-state index is 11.5. The van der Waals surface area contributed by atoms with Crippen molar-refractivity contribution in [1.29, 1.82) is 0 Å². The third-order valence-corrected chi connectivity index (χ3v) is 3.39. The Morgan fingerprint density at radius 3 is 2.46 bits per heavy atom. The number of hydrogen-bond donors (Lipinski definition) is 1. The summed E-state index contributed by atoms with van der Waals surface area (Å²) in [6, 6.07) is 13.2. The van der Waals surface area contributed by atoms with Crippen LogP contribution in [-0.4, -0.2) is 23.5 Å². The lowest BCUT2D eigenvalue weighted by Crippen LogP contribution is -2.34. The van der Waals surface area contributed by atoms with Gasteiger partial charge in [-0.05, 0) is 30.0 Å². The molecule has 0 saturated heterocycles. The molecule has 128 valence electrons. The van der Waals surface area contributed by atoms with Gasteiger partial charge in [-0.15, -0.1) is 12.4 Å². The zero-order chi connectivity index (χ0) is 16.8. The van der Waals surface area contributed by atoms with Crippen LogP contribution in [0.5, 0.6) is 0 Å². The van der Waals surface area contributed by atoms with E-state index in [1.807, 2.05) is 30.3 Å². The number of benzene rings is 2. The molecule has 0 radical (unpaired) electrons. The monoisotopic (exact) mass is 350 g/mol. The van der Waals surface area contributed by atoms with E-state index in [1.54, 1.807) is 13.0 Å². The van der Waals surface area contributed by atoms with E-state index in [4.69, 9.17) is 10.5 Å². The molecule has 6 nitrogen and oxygen atoms in total. The number of esters is 1. The predicted octanol–water partition coefficient (Wildman–Crippen LogP) is 3.12. The topological polar surface area (TPSA) is 95.5 Å². The molecule has 0 saturated carbocycles. The summed E-state index contributed by atoms with van der Waals surface area (Å²) in [6.07, 6.45) is 0.383. The van der Waals surface area contributed by atoms with Gasteiger partial charge in [0.2, 0.25) is 0 Å². The van der Waals surface area contributed by atoms with E-state index >= 15 is 0 Å². The Morgan fingerprint density at radius 1 is 1.21 bits per heavy atom. The fourth-order valence-electron chi connectivity index (χ4n) is 2.22. The number of halogens is 1. The van der Waals surface area contributed by atoms with Gasteiger partial charge in [-0.3, -0.25) is 14.9 Å². The van der Waals surface area contributed by atoms with E-state index in [9.17, 15) is 14.9 Å². The Bertz CT molecular complexity index is 704. The SMILES string of the molecule is CCOC(=O)[C@@H](N)Cc1ccc(-c2cccc([N+](=O)[O-])c2)cc1.Cl. The van der Waals surface area contributed by atoms with E-state index in [1.165, 1.54) is 12.1 Å². The number of hydrogen-bond acceptors (Lipinski definition) is 5. The molecule has 0 amide bonds. The molecular weight excluding hydrogens is 332 g/mol. The summed E-state index contributed by atoms with van der Waals surface area (Å²) in [5.41, 5.74) is 8.37. The van der Waals surface area contributed by atoms with Crippen LogP contribution in [0.4, 0.5) is 5.69 Å². The van der Waals surface area contributed by atoms with Gasteiger partial charge < -0.3 is 10.5 Å². The number of non-ortho nitro benzene ring substituents is 1. The lowest BCUT2D eigenvalue weighted by Gasteiger charge is -2.11. The number of nitrogens with two attached hydrogens (primary N) is 1. The van der Waals surface area contributed by atoms with Gasteiger partial charge in [0.25, 0.3) is 5.69 Å². The van der Waals surface area contributed by atoms with Gasteiger partial charge in [0.05, 0.1) is 11.5 Å². The molecule has 0 fully saturated rings. The molecule has 0 bridgehead atoms. The van der Waals surface area contributed by atoms with Crippen molar-refractivity contribution in [2.75, 3.05) is 6.61 Å². The number of nitrogens with zero attached hydrogens (tertiary/aromatic N) is 1. The highest BCUT2D eigenvalue weighted by Gasteiger charge is 2.15. The minimum atomic E-state index is -0.696. The largest absolute Gasteiger partial charge is 0.465 e. The van der Waals surface area contributed by atoms with Crippen molar-refractivity contribution < 1.29 is 14.5 Å². The number of rotatable bonds is 6. The van der Waals surface area contributed by atoms with Gasteiger partial charge in [0.1, 0.15) is 6.04 Å². The Balaban J connectivity index is 0.00000288. The van der Waals surface area contributed by atoms with Gasteiger partial charge in [-0.2, -0.15) is 0 Å². The van der Waals surface area contributed by atoms with Crippen molar-refractivity contribution in [3.63, 3.8) is 0 Å². The van der Waals surface area contributed by atoms with Crippen molar-refractivity contribution in [2.24, 2.45) is 5.73 Å². The summed E-state index contributed by atoms with van der Waals surface area (Å²) in [5, 5.41) is 10.8. The van der Waals surface area contributed by atoms with Crippen molar-refractivity contribution in [3.05, 3.63) is 64.2 Å². The van der Waals surface area contributed by atoms with E-state index in [-0.39, 0.29) is 18.1 Å². The summed E-state index contributed by atoms with van der Waals surface area (Å²) >= 11 is 0. The first-order valence-corrected chi connectivity index (χ1v) is 7.27. The third-order valence-electron chi connectivity index (χ3n) is 3.39. The second kappa shape index (κ2) is 9.00. The molecule has 2 N–H and O–H groups in total. The molecule has 7 heteroatoms. The number of nitro benzene ring substituents is 1. The quantitative estimate of drug-likeness (QED) is 0.490. The van der Waals surface area contributed by atoms with Crippen LogP contribution in [-0.2, 0) is 16.0 Å². The van der Waals surface area contributed by atoms with Gasteiger partial charge in [-0.25, -0.2) is 0 Å². The minimum Gasteiger partial charge on any atom is -0.465 e. The van der Waals surface area contributed by atoms with Crippen LogP contribution in [0.1, 0.15) is 12.5 Å². The van der Waals surface area contributed by atoms with E-state index in [0.717, 1.165) is 16.7 Å². The zero-order valence-corrected chi connectivity index (χ0v) is 14.0. The molecule has 0 aliphatic carbocycles. The lowest BCUT2D eigenvalue weighted by atomic mass is 10.0. The molecular formula is C17H19ClN2O4. The van der Waals surface area contributed by atoms with Crippen LogP contribution in [0.15, 0.2) is 48.5 Å². The zero-order valence-electron chi connectivity index (χ0n) is 13.2. The fourth-order valence-corrected chi connectivity index (χ4v) is 2.22. The standard InChI is InChI=1S/C17H18N2O4.ClH/c1-2-23-17(20)16(18)10-12-6-8-13(9-7-12)14-4-3-5-15(11-14)19(21)22;/h3-9,11,16H,2,10,18H2,1H3;1H/t16-;/m0./s1. The molecule has 0 aliphatic rings. The van der Waals surface area contributed by atoms with Gasteiger partial charge in [0.15, 0.2) is 0 Å². The van der Waals surface area contributed by atoms with Crippen LogP contribution >= 0.6 is 12.4 Å². The first-order chi connectivity index (χ1) is 11.0. The molecule has 0 unspecified atom stereocenters. The molecule has 0 aliphatic heterocycles. The minimum absolute atomic E-state index is 0. The Morgan fingerprint density at radius 2 is 1.88 bits per heavy atom. The van der Waals surface area contributed by atoms with Crippen molar-refractivity contribution >= 4 is 24.1 Å². The average molecular weight is 351 g/mol. The van der Waals surface area contributed by atoms with Crippen molar-refractivity contribution in [2.45, 2.75) is 19.4 Å². The fraction of sp³-hybridized carbons (Fsp3) is 0.235. The Labute approximate surface area is 146 Å². The summed E-state index contributed by atoms with van der Waals surface area (Å²) < 4.78 is 4.88. The predicted molar refractivity (Wildman–Crippen MR) is 94.1 cm³/mol. The Kier molecular flexibility index (Phi) is 7.35. The highest BCUT2D eigenvalue weighted by atomic mass is 35.5. The van der Waals surface area contributed by atoms with Gasteiger partial charge in [0, 0.05) is 12.1 Å². The molecule has 0 aromatic heterocycles. The van der Waals surface area contributed by atoms with E-state index in [2.05, 4.69) is 0 Å². The summed E-state index contributed by atoms with van der Waals surface area (Å²) in [6.45, 7) is 2.04. The molecule has 2 aromatic carbocycles. The van der Waals surface area contributed by atoms with E-state index in [0.29, 0.717) is 13.0 Å². The first-order valence-electron chi connectivity index (χ1n) is 7.27. The smallest absolute Gasteiger partial charge is 0.323 e. The Hall–Kier alpha value is -2.44. The summed E-state index contributed by atoms with van der Waals surface area (Å²) in [5.74, 6) is -0.421. The average Bonchev–Trinajstić information content (AvgIpc) is 2.56. The molecule has 2 rings (SSSR count). The summed E-state index contributed by atoms with van der Waals surface area (Å²) in [4.78, 5) is 21.9. The van der Waals surface area contributed by atoms with Crippen LogP contribution in [0, 0.1) is 10.1 Å². The number of ether oxygens (including phenoxy) is 1. The molecule has 2 aromatic rings. The second-order valence-corrected chi connectivity index (χ2v) is 5.07. The van der Waals surface area contributed by atoms with Crippen molar-refractivity contribution in [1.82, 2.24) is 0 Å². The van der Waals surface area contributed by atoms with Crippen molar-refractivity contribution in [3.8, 4) is 11.1 Å². The van der Waals surface area contributed by atoms with Crippen LogP contribution < -0.4 is 5.73 Å². The number of nitro groups is 1. The molecule has 24 heavy (non-hydrogen) atoms. The van der Waals surface area contributed by atoms with Crippen LogP contribution in [0.3, 0.4) is 0 Å². The maximum Gasteiger partial charge on any atom is 0.323 e. The number of carbonyl (C=O) groups is 1. The first kappa shape index (κ1) is 19.6. The van der Waals surface area contributed by atoms with Gasteiger partial charge in [-0.1, -0.05) is 36.4 Å². The molecule has 1 atom stereocenters. The second-order valence-electron chi connectivity index (χ2n) is 5.07. The normalized spacial score (nSPS) is 11.2. The highest BCUT2D eigenvalue weighted by molar-refractivity contribution is 5.85. The van der Waals surface area contributed by atoms with Gasteiger partial charge >= 0.3 is 5.97 Å².